The third kappa shape index (κ3) is 4.80. The van der Waals surface area contributed by atoms with Crippen molar-refractivity contribution in [1.82, 2.24) is 5.32 Å². The van der Waals surface area contributed by atoms with E-state index >= 15 is 0 Å². The number of thioether (sulfide) groups is 1. The van der Waals surface area contributed by atoms with Crippen LogP contribution in [0.15, 0.2) is 24.3 Å². The Morgan fingerprint density at radius 1 is 1.44 bits per heavy atom. The van der Waals surface area contributed by atoms with E-state index in [9.17, 15) is 9.18 Å². The normalized spacial score (nSPS) is 9.50. The maximum absolute atomic E-state index is 12.6. The largest absolute Gasteiger partial charge is 0.351 e. The number of rotatable bonds is 5. The second-order valence-electron chi connectivity index (χ2n) is 3.05. The van der Waals surface area contributed by atoms with Crippen molar-refractivity contribution in [2.45, 2.75) is 6.54 Å². The van der Waals surface area contributed by atoms with E-state index in [1.165, 1.54) is 23.9 Å². The Kier molecular flexibility index (Phi) is 5.37. The van der Waals surface area contributed by atoms with Crippen LogP contribution in [0.2, 0.25) is 0 Å². The van der Waals surface area contributed by atoms with Gasteiger partial charge in [-0.1, -0.05) is 12.1 Å². The van der Waals surface area contributed by atoms with Gasteiger partial charge in [-0.2, -0.15) is 5.26 Å². The topological polar surface area (TPSA) is 52.9 Å². The number of hydrogen-bond donors (Lipinski definition) is 1. The summed E-state index contributed by atoms with van der Waals surface area (Å²) in [4.78, 5) is 11.2. The highest BCUT2D eigenvalue weighted by Crippen LogP contribution is 2.02. The van der Waals surface area contributed by atoms with Crippen molar-refractivity contribution in [3.8, 4) is 6.07 Å². The van der Waals surface area contributed by atoms with Crippen LogP contribution >= 0.6 is 11.8 Å². The summed E-state index contributed by atoms with van der Waals surface area (Å²) in [5, 5.41) is 11.0. The third-order valence-electron chi connectivity index (χ3n) is 1.80. The molecule has 1 amide bonds. The maximum atomic E-state index is 12.6. The molecule has 0 radical (unpaired) electrons. The maximum Gasteiger partial charge on any atom is 0.230 e. The first-order valence-corrected chi connectivity index (χ1v) is 5.83. The minimum Gasteiger partial charge on any atom is -0.351 e. The van der Waals surface area contributed by atoms with Gasteiger partial charge < -0.3 is 5.32 Å². The summed E-state index contributed by atoms with van der Waals surface area (Å²) in [6.45, 7) is 0.381. The Balaban J connectivity index is 2.26. The molecule has 16 heavy (non-hydrogen) atoms. The molecule has 0 saturated carbocycles. The van der Waals surface area contributed by atoms with Gasteiger partial charge in [0.2, 0.25) is 5.91 Å². The van der Waals surface area contributed by atoms with E-state index in [4.69, 9.17) is 5.26 Å². The van der Waals surface area contributed by atoms with Crippen molar-refractivity contribution in [2.75, 3.05) is 11.5 Å². The van der Waals surface area contributed by atoms with E-state index in [2.05, 4.69) is 5.32 Å². The molecule has 0 aromatic heterocycles. The molecule has 1 aromatic carbocycles. The highest BCUT2D eigenvalue weighted by molar-refractivity contribution is 8.00. The number of nitrogens with one attached hydrogen (secondary N) is 1. The Bertz CT molecular complexity index is 386. The monoisotopic (exact) mass is 238 g/mol. The molecular weight excluding hydrogens is 227 g/mol. The zero-order chi connectivity index (χ0) is 11.8. The van der Waals surface area contributed by atoms with Gasteiger partial charge in [0.05, 0.1) is 17.6 Å². The summed E-state index contributed by atoms with van der Waals surface area (Å²) in [5.41, 5.74) is 0.847. The van der Waals surface area contributed by atoms with Gasteiger partial charge >= 0.3 is 0 Å². The van der Waals surface area contributed by atoms with Gasteiger partial charge in [-0.3, -0.25) is 4.79 Å². The summed E-state index contributed by atoms with van der Waals surface area (Å²) in [6.07, 6.45) is 0. The quantitative estimate of drug-likeness (QED) is 0.794. The van der Waals surface area contributed by atoms with E-state index in [0.717, 1.165) is 5.56 Å². The van der Waals surface area contributed by atoms with Crippen molar-refractivity contribution in [3.63, 3.8) is 0 Å². The number of nitriles is 1. The van der Waals surface area contributed by atoms with Crippen LogP contribution in [0.5, 0.6) is 0 Å². The van der Waals surface area contributed by atoms with Crippen LogP contribution in [0.3, 0.4) is 0 Å². The smallest absolute Gasteiger partial charge is 0.230 e. The highest BCUT2D eigenvalue weighted by Gasteiger charge is 2.01. The van der Waals surface area contributed by atoms with Gasteiger partial charge in [0.25, 0.3) is 0 Å². The molecule has 0 aliphatic rings. The molecule has 1 aromatic rings. The second kappa shape index (κ2) is 6.85. The van der Waals surface area contributed by atoms with E-state index in [1.54, 1.807) is 12.1 Å². The zero-order valence-corrected chi connectivity index (χ0v) is 9.39. The average Bonchev–Trinajstić information content (AvgIpc) is 2.29. The third-order valence-corrected chi connectivity index (χ3v) is 2.60. The molecular formula is C11H11FN2OS. The summed E-state index contributed by atoms with van der Waals surface area (Å²) in [5.74, 6) is 0.169. The number of amides is 1. The predicted molar refractivity (Wildman–Crippen MR) is 61.2 cm³/mol. The van der Waals surface area contributed by atoms with Crippen LogP contribution in [0.1, 0.15) is 5.56 Å². The summed E-state index contributed by atoms with van der Waals surface area (Å²) in [7, 11) is 0. The number of carbonyl (C=O) groups is 1. The molecule has 0 spiro atoms. The molecule has 3 nitrogen and oxygen atoms in total. The highest BCUT2D eigenvalue weighted by atomic mass is 32.2. The zero-order valence-electron chi connectivity index (χ0n) is 8.57. The standard InChI is InChI=1S/C11H11FN2OS/c12-10-3-1-9(2-4-10)7-14-11(15)8-16-6-5-13/h1-4H,6-8H2,(H,14,15). The van der Waals surface area contributed by atoms with Crippen LogP contribution in [0, 0.1) is 17.1 Å². The molecule has 5 heteroatoms. The van der Waals surface area contributed by atoms with E-state index < -0.39 is 0 Å². The summed E-state index contributed by atoms with van der Waals surface area (Å²) >= 11 is 1.27. The molecule has 1 rings (SSSR count). The summed E-state index contributed by atoms with van der Waals surface area (Å²) < 4.78 is 12.6. The van der Waals surface area contributed by atoms with Crippen LogP contribution < -0.4 is 5.32 Å². The van der Waals surface area contributed by atoms with Gasteiger partial charge in [-0.05, 0) is 17.7 Å². The predicted octanol–water partition coefficient (Wildman–Crippen LogP) is 1.70. The first-order valence-electron chi connectivity index (χ1n) is 4.68. The molecule has 84 valence electrons. The van der Waals surface area contributed by atoms with E-state index in [-0.39, 0.29) is 17.5 Å². The molecule has 0 saturated heterocycles. The number of hydrogen-bond acceptors (Lipinski definition) is 3. The molecule has 0 bridgehead atoms. The summed E-state index contributed by atoms with van der Waals surface area (Å²) in [6, 6.07) is 7.90. The molecule has 0 atom stereocenters. The van der Waals surface area contributed by atoms with Gasteiger partial charge in [0, 0.05) is 6.54 Å². The molecule has 0 heterocycles. The van der Waals surface area contributed by atoms with Gasteiger partial charge in [0.1, 0.15) is 5.82 Å². The fraction of sp³-hybridized carbons (Fsp3) is 0.273. The minimum atomic E-state index is -0.292. The lowest BCUT2D eigenvalue weighted by molar-refractivity contribution is -0.118. The molecule has 0 fully saturated rings. The van der Waals surface area contributed by atoms with Crippen LogP contribution in [-0.2, 0) is 11.3 Å². The molecule has 0 unspecified atom stereocenters. The van der Waals surface area contributed by atoms with Crippen molar-refractivity contribution in [2.24, 2.45) is 0 Å². The van der Waals surface area contributed by atoms with Crippen molar-refractivity contribution < 1.29 is 9.18 Å². The first-order chi connectivity index (χ1) is 7.72. The van der Waals surface area contributed by atoms with Gasteiger partial charge in [-0.25, -0.2) is 4.39 Å². The van der Waals surface area contributed by atoms with Crippen molar-refractivity contribution >= 4 is 17.7 Å². The Labute approximate surface area is 97.6 Å². The lowest BCUT2D eigenvalue weighted by Crippen LogP contribution is -2.24. The first kappa shape index (κ1) is 12.5. The Hall–Kier alpha value is -1.54. The van der Waals surface area contributed by atoms with Crippen molar-refractivity contribution in [1.29, 1.82) is 5.26 Å². The van der Waals surface area contributed by atoms with E-state index in [0.29, 0.717) is 12.3 Å². The molecule has 0 aliphatic heterocycles. The Morgan fingerprint density at radius 3 is 2.75 bits per heavy atom. The van der Waals surface area contributed by atoms with Crippen LogP contribution in [-0.4, -0.2) is 17.4 Å². The van der Waals surface area contributed by atoms with Gasteiger partial charge in [0.15, 0.2) is 0 Å². The fourth-order valence-electron chi connectivity index (χ4n) is 1.04. The SMILES string of the molecule is N#CCSCC(=O)NCc1ccc(F)cc1. The number of halogens is 1. The van der Waals surface area contributed by atoms with E-state index in [1.807, 2.05) is 6.07 Å². The van der Waals surface area contributed by atoms with Crippen LogP contribution in [0.25, 0.3) is 0 Å². The number of nitrogens with zero attached hydrogens (tertiary/aromatic N) is 1. The number of carbonyl (C=O) groups excluding carboxylic acids is 1. The Morgan fingerprint density at radius 2 is 2.12 bits per heavy atom. The second-order valence-corrected chi connectivity index (χ2v) is 4.04. The van der Waals surface area contributed by atoms with Gasteiger partial charge in [-0.15, -0.1) is 11.8 Å². The lowest BCUT2D eigenvalue weighted by Gasteiger charge is -2.04. The lowest BCUT2D eigenvalue weighted by atomic mass is 10.2. The minimum absolute atomic E-state index is 0.121. The average molecular weight is 238 g/mol. The number of benzene rings is 1. The van der Waals surface area contributed by atoms with Crippen molar-refractivity contribution in [3.05, 3.63) is 35.6 Å². The molecule has 0 aliphatic carbocycles. The molecule has 1 N–H and O–H groups in total. The fourth-order valence-corrected chi connectivity index (χ4v) is 1.52. The van der Waals surface area contributed by atoms with Crippen LogP contribution in [0.4, 0.5) is 4.39 Å².